The van der Waals surface area contributed by atoms with Crippen molar-refractivity contribution in [1.82, 2.24) is 4.98 Å². The molecule has 7 heteroatoms. The lowest BCUT2D eigenvalue weighted by Gasteiger charge is -2.20. The van der Waals surface area contributed by atoms with Crippen LogP contribution in [-0.4, -0.2) is 12.0 Å². The van der Waals surface area contributed by atoms with Crippen LogP contribution in [0.25, 0.3) is 0 Å². The van der Waals surface area contributed by atoms with Crippen LogP contribution >= 0.6 is 15.9 Å². The fraction of sp³-hybridized carbons (Fsp3) is 0.214. The highest BCUT2D eigenvalue weighted by molar-refractivity contribution is 9.10. The molecule has 1 aromatic carbocycles. The molecule has 1 aromatic heterocycles. The normalized spacial score (nSPS) is 11.5. The van der Waals surface area contributed by atoms with E-state index in [0.717, 1.165) is 22.2 Å². The van der Waals surface area contributed by atoms with E-state index in [2.05, 4.69) is 20.9 Å². The first-order chi connectivity index (χ1) is 9.75. The van der Waals surface area contributed by atoms with Gasteiger partial charge in [0, 0.05) is 18.1 Å². The number of nitrogens with two attached hydrogens (primary N) is 1. The summed E-state index contributed by atoms with van der Waals surface area (Å²) >= 11 is 3.35. The van der Waals surface area contributed by atoms with Crippen LogP contribution < -0.4 is 10.6 Å². The maximum atomic E-state index is 12.8. The number of nitrogens with zero attached hydrogens (tertiary/aromatic N) is 2. The Bertz CT molecular complexity index is 644. The summed E-state index contributed by atoms with van der Waals surface area (Å²) in [7, 11) is 1.67. The van der Waals surface area contributed by atoms with Crippen molar-refractivity contribution in [2.75, 3.05) is 17.7 Å². The largest absolute Gasteiger partial charge is 0.416 e. The summed E-state index contributed by atoms with van der Waals surface area (Å²) < 4.78 is 39.3. The van der Waals surface area contributed by atoms with Gasteiger partial charge < -0.3 is 10.6 Å². The van der Waals surface area contributed by atoms with Crippen molar-refractivity contribution in [3.8, 4) is 0 Å². The van der Waals surface area contributed by atoms with Crippen molar-refractivity contribution in [2.45, 2.75) is 12.7 Å². The number of aromatic nitrogens is 1. The van der Waals surface area contributed by atoms with Gasteiger partial charge in [-0.05, 0) is 29.8 Å². The summed E-state index contributed by atoms with van der Waals surface area (Å²) in [6, 6.07) is 9.35. The van der Waals surface area contributed by atoms with Crippen molar-refractivity contribution in [2.24, 2.45) is 0 Å². The minimum atomic E-state index is -4.44. The van der Waals surface area contributed by atoms with E-state index in [-0.39, 0.29) is 11.6 Å². The molecule has 0 atom stereocenters. The highest BCUT2D eigenvalue weighted by atomic mass is 79.9. The number of halogens is 4. The van der Waals surface area contributed by atoms with E-state index in [0.29, 0.717) is 6.54 Å². The second-order valence-electron chi connectivity index (χ2n) is 4.62. The van der Waals surface area contributed by atoms with Gasteiger partial charge in [-0.3, -0.25) is 0 Å². The predicted octanol–water partition coefficient (Wildman–Crippen LogP) is 4.08. The molecular formula is C14H13BrF3N3. The third-order valence-electron chi connectivity index (χ3n) is 2.86. The Kier molecular flexibility index (Phi) is 4.41. The average Bonchev–Trinajstić information content (AvgIpc) is 2.37. The summed E-state index contributed by atoms with van der Waals surface area (Å²) in [4.78, 5) is 5.58. The molecule has 0 aliphatic heterocycles. The minimum Gasteiger partial charge on any atom is -0.384 e. The number of anilines is 2. The number of alkyl halides is 3. The molecule has 0 saturated heterocycles. The highest BCUT2D eigenvalue weighted by Gasteiger charge is 2.31. The lowest BCUT2D eigenvalue weighted by molar-refractivity contribution is -0.137. The molecule has 0 radical (unpaired) electrons. The second-order valence-corrected chi connectivity index (χ2v) is 5.54. The molecule has 0 aliphatic carbocycles. The lowest BCUT2D eigenvalue weighted by Crippen LogP contribution is -2.19. The Morgan fingerprint density at radius 1 is 1.24 bits per heavy atom. The first-order valence-corrected chi connectivity index (χ1v) is 6.85. The van der Waals surface area contributed by atoms with Crippen molar-refractivity contribution in [3.63, 3.8) is 0 Å². The summed E-state index contributed by atoms with van der Waals surface area (Å²) in [5, 5.41) is 0. The molecule has 2 aromatic rings. The van der Waals surface area contributed by atoms with E-state index in [1.807, 2.05) is 24.3 Å². The molecule has 112 valence electrons. The van der Waals surface area contributed by atoms with Crippen molar-refractivity contribution in [1.29, 1.82) is 0 Å². The quantitative estimate of drug-likeness (QED) is 0.897. The number of nitrogen functional groups attached to an aromatic ring is 1. The molecule has 0 spiro atoms. The van der Waals surface area contributed by atoms with E-state index in [9.17, 15) is 13.2 Å². The van der Waals surface area contributed by atoms with Gasteiger partial charge in [-0.15, -0.1) is 0 Å². The summed E-state index contributed by atoms with van der Waals surface area (Å²) in [6.45, 7) is 0.424. The molecule has 0 bridgehead atoms. The minimum absolute atomic E-state index is 0.152. The van der Waals surface area contributed by atoms with Crippen molar-refractivity contribution >= 4 is 27.6 Å². The zero-order valence-corrected chi connectivity index (χ0v) is 12.7. The molecule has 0 amide bonds. The molecular weight excluding hydrogens is 347 g/mol. The van der Waals surface area contributed by atoms with Gasteiger partial charge in [-0.25, -0.2) is 4.98 Å². The van der Waals surface area contributed by atoms with E-state index < -0.39 is 11.7 Å². The van der Waals surface area contributed by atoms with Crippen LogP contribution in [0, 0.1) is 0 Å². The Labute approximate surface area is 128 Å². The summed E-state index contributed by atoms with van der Waals surface area (Å²) in [5.41, 5.74) is 5.61. The Balaban J connectivity index is 2.27. The molecule has 2 rings (SSSR count). The Hall–Kier alpha value is -1.76. The fourth-order valence-electron chi connectivity index (χ4n) is 1.89. The van der Waals surface area contributed by atoms with Gasteiger partial charge in [0.25, 0.3) is 0 Å². The van der Waals surface area contributed by atoms with Gasteiger partial charge >= 0.3 is 6.18 Å². The number of rotatable bonds is 3. The zero-order chi connectivity index (χ0) is 15.6. The molecule has 1 heterocycles. The third kappa shape index (κ3) is 4.10. The Morgan fingerprint density at radius 2 is 1.95 bits per heavy atom. The van der Waals surface area contributed by atoms with Gasteiger partial charge in [0.1, 0.15) is 11.6 Å². The molecule has 0 saturated carbocycles. The van der Waals surface area contributed by atoms with E-state index in [4.69, 9.17) is 5.73 Å². The number of benzene rings is 1. The van der Waals surface area contributed by atoms with Crippen LogP contribution in [0.5, 0.6) is 0 Å². The van der Waals surface area contributed by atoms with Gasteiger partial charge in [0.2, 0.25) is 0 Å². The number of hydrogen-bond donors (Lipinski definition) is 1. The topological polar surface area (TPSA) is 42.1 Å². The van der Waals surface area contributed by atoms with E-state index in [1.165, 1.54) is 0 Å². The van der Waals surface area contributed by atoms with Gasteiger partial charge in [-0.2, -0.15) is 13.2 Å². The van der Waals surface area contributed by atoms with Crippen LogP contribution in [0.15, 0.2) is 40.9 Å². The number of hydrogen-bond acceptors (Lipinski definition) is 3. The van der Waals surface area contributed by atoms with Crippen molar-refractivity contribution < 1.29 is 13.2 Å². The highest BCUT2D eigenvalue weighted by Crippen LogP contribution is 2.32. The molecule has 0 fully saturated rings. The van der Waals surface area contributed by atoms with E-state index >= 15 is 0 Å². The monoisotopic (exact) mass is 359 g/mol. The average molecular weight is 360 g/mol. The standard InChI is InChI=1S/C14H13BrF3N3/c1-21(8-9-3-2-4-11(15)5-9)13-7-10(14(16,17)18)6-12(19)20-13/h2-7H,8H2,1H3,(H2,19,20). The number of pyridine rings is 1. The lowest BCUT2D eigenvalue weighted by atomic mass is 10.2. The molecule has 2 N–H and O–H groups in total. The first-order valence-electron chi connectivity index (χ1n) is 6.06. The molecule has 0 aliphatic rings. The van der Waals surface area contributed by atoms with Gasteiger partial charge in [-0.1, -0.05) is 28.1 Å². The molecule has 21 heavy (non-hydrogen) atoms. The second kappa shape index (κ2) is 5.93. The first kappa shape index (κ1) is 15.6. The van der Waals surface area contributed by atoms with Gasteiger partial charge in [0.15, 0.2) is 0 Å². The smallest absolute Gasteiger partial charge is 0.384 e. The van der Waals surface area contributed by atoms with Crippen LogP contribution in [0.4, 0.5) is 24.8 Å². The zero-order valence-electron chi connectivity index (χ0n) is 11.2. The van der Waals surface area contributed by atoms with Crippen LogP contribution in [0.2, 0.25) is 0 Å². The van der Waals surface area contributed by atoms with Crippen LogP contribution in [-0.2, 0) is 12.7 Å². The summed E-state index contributed by atoms with van der Waals surface area (Å²) in [6.07, 6.45) is -4.44. The van der Waals surface area contributed by atoms with Crippen LogP contribution in [0.3, 0.4) is 0 Å². The van der Waals surface area contributed by atoms with Crippen molar-refractivity contribution in [3.05, 3.63) is 52.0 Å². The fourth-order valence-corrected chi connectivity index (χ4v) is 2.33. The Morgan fingerprint density at radius 3 is 2.57 bits per heavy atom. The predicted molar refractivity (Wildman–Crippen MR) is 79.9 cm³/mol. The maximum Gasteiger partial charge on any atom is 0.416 e. The maximum absolute atomic E-state index is 12.8. The summed E-state index contributed by atoms with van der Waals surface area (Å²) in [5.74, 6) is 0.0308. The van der Waals surface area contributed by atoms with E-state index in [1.54, 1.807) is 11.9 Å². The third-order valence-corrected chi connectivity index (χ3v) is 3.35. The van der Waals surface area contributed by atoms with Gasteiger partial charge in [0.05, 0.1) is 5.56 Å². The molecule has 0 unspecified atom stereocenters. The molecule has 3 nitrogen and oxygen atoms in total. The SMILES string of the molecule is CN(Cc1cccc(Br)c1)c1cc(C(F)(F)F)cc(N)n1. The van der Waals surface area contributed by atoms with Crippen LogP contribution in [0.1, 0.15) is 11.1 Å².